The van der Waals surface area contributed by atoms with Gasteiger partial charge in [-0.2, -0.15) is 4.98 Å². The summed E-state index contributed by atoms with van der Waals surface area (Å²) < 4.78 is 6.59. The number of aliphatic hydroxyl groups excluding tert-OH is 2. The Bertz CT molecular complexity index is 466. The lowest BCUT2D eigenvalue weighted by atomic mass is 10.2. The molecule has 94 valence electrons. The molecule has 4 N–H and O–H groups in total. The van der Waals surface area contributed by atoms with Crippen LogP contribution >= 0.6 is 15.9 Å². The predicted octanol–water partition coefficient (Wildman–Crippen LogP) is -1.16. The lowest BCUT2D eigenvalue weighted by Crippen LogP contribution is -2.32. The Hall–Kier alpha value is -0.960. The Kier molecular flexibility index (Phi) is 3.48. The van der Waals surface area contributed by atoms with Crippen LogP contribution in [0.2, 0.25) is 0 Å². The number of nitrogens with two attached hydrogens (primary N) is 1. The van der Waals surface area contributed by atoms with E-state index in [0.29, 0.717) is 0 Å². The molecule has 0 saturated carbocycles. The maximum atomic E-state index is 11.6. The van der Waals surface area contributed by atoms with Crippen LogP contribution in [0.1, 0.15) is 6.23 Å². The van der Waals surface area contributed by atoms with E-state index in [4.69, 9.17) is 15.6 Å². The van der Waals surface area contributed by atoms with Crippen LogP contribution < -0.4 is 11.4 Å². The minimum Gasteiger partial charge on any atom is -0.394 e. The summed E-state index contributed by atoms with van der Waals surface area (Å²) in [6.07, 6.45) is -0.901. The van der Waals surface area contributed by atoms with Crippen molar-refractivity contribution in [3.8, 4) is 0 Å². The highest BCUT2D eigenvalue weighted by Crippen LogP contribution is 2.33. The summed E-state index contributed by atoms with van der Waals surface area (Å²) in [4.78, 5) is 14.7. The van der Waals surface area contributed by atoms with Gasteiger partial charge >= 0.3 is 5.69 Å². The molecule has 4 atom stereocenters. The Morgan fingerprint density at radius 2 is 2.35 bits per heavy atom. The first kappa shape index (κ1) is 12.5. The monoisotopic (exact) mass is 305 g/mol. The van der Waals surface area contributed by atoms with Crippen LogP contribution in [0, 0.1) is 0 Å². The van der Waals surface area contributed by atoms with E-state index in [-0.39, 0.29) is 12.4 Å². The normalized spacial score (nSPS) is 32.9. The summed E-state index contributed by atoms with van der Waals surface area (Å²) in [5.74, 6) is 0.120. The molecule has 1 saturated heterocycles. The van der Waals surface area contributed by atoms with Crippen molar-refractivity contribution in [1.82, 2.24) is 9.55 Å². The minimum atomic E-state index is -0.894. The molecule has 0 unspecified atom stereocenters. The van der Waals surface area contributed by atoms with Crippen molar-refractivity contribution in [1.29, 1.82) is 0 Å². The van der Waals surface area contributed by atoms with Gasteiger partial charge in [-0.25, -0.2) is 4.79 Å². The molecule has 1 fully saturated rings. The largest absolute Gasteiger partial charge is 0.394 e. The van der Waals surface area contributed by atoms with Crippen molar-refractivity contribution in [3.05, 3.63) is 22.7 Å². The van der Waals surface area contributed by atoms with Crippen molar-refractivity contribution >= 4 is 21.7 Å². The SMILES string of the molecule is Nc1ccn([C@@H]2O[C@H](CO)[C@@H](O)[C@@H]2Br)c(=O)n1. The first-order valence-corrected chi connectivity index (χ1v) is 5.89. The molecule has 0 amide bonds. The lowest BCUT2D eigenvalue weighted by Gasteiger charge is -2.16. The molecule has 2 rings (SSSR count). The molecule has 7 nitrogen and oxygen atoms in total. The number of aromatic nitrogens is 2. The second-order valence-corrected chi connectivity index (χ2v) is 4.78. The number of nitrogen functional groups attached to an aromatic ring is 1. The number of nitrogens with zero attached hydrogens (tertiary/aromatic N) is 2. The fourth-order valence-electron chi connectivity index (χ4n) is 1.70. The molecule has 1 aromatic heterocycles. The highest BCUT2D eigenvalue weighted by Gasteiger charge is 2.43. The van der Waals surface area contributed by atoms with E-state index in [1.807, 2.05) is 0 Å². The van der Waals surface area contributed by atoms with Crippen molar-refractivity contribution in [2.75, 3.05) is 12.3 Å². The van der Waals surface area contributed by atoms with Crippen molar-refractivity contribution in [3.63, 3.8) is 0 Å². The molecule has 1 aliphatic heterocycles. The first-order valence-electron chi connectivity index (χ1n) is 4.97. The van der Waals surface area contributed by atoms with Gasteiger partial charge in [-0.15, -0.1) is 0 Å². The second-order valence-electron chi connectivity index (χ2n) is 3.72. The average Bonchev–Trinajstić information content (AvgIpc) is 2.57. The number of alkyl halides is 1. The summed E-state index contributed by atoms with van der Waals surface area (Å²) in [7, 11) is 0. The average molecular weight is 306 g/mol. The number of hydrogen-bond donors (Lipinski definition) is 3. The number of rotatable bonds is 2. The molecule has 0 bridgehead atoms. The van der Waals surface area contributed by atoms with Crippen molar-refractivity contribution in [2.24, 2.45) is 0 Å². The van der Waals surface area contributed by atoms with Gasteiger partial charge in [-0.05, 0) is 6.07 Å². The first-order chi connectivity index (χ1) is 8.04. The molecule has 8 heteroatoms. The van der Waals surface area contributed by atoms with E-state index >= 15 is 0 Å². The van der Waals surface area contributed by atoms with Crippen LogP contribution in [0.3, 0.4) is 0 Å². The van der Waals surface area contributed by atoms with Crippen LogP contribution in [0.5, 0.6) is 0 Å². The van der Waals surface area contributed by atoms with E-state index in [2.05, 4.69) is 20.9 Å². The number of aliphatic hydroxyl groups is 2. The molecular formula is C9H12BrN3O4. The summed E-state index contributed by atoms with van der Waals surface area (Å²) in [5, 5.41) is 18.7. The molecule has 1 aliphatic rings. The smallest absolute Gasteiger partial charge is 0.351 e. The molecule has 2 heterocycles. The fourth-order valence-corrected chi connectivity index (χ4v) is 2.42. The van der Waals surface area contributed by atoms with Gasteiger partial charge < -0.3 is 20.7 Å². The highest BCUT2D eigenvalue weighted by molar-refractivity contribution is 9.09. The Balaban J connectivity index is 2.32. The topological polar surface area (TPSA) is 111 Å². The summed E-state index contributed by atoms with van der Waals surface area (Å²) >= 11 is 3.24. The van der Waals surface area contributed by atoms with E-state index in [1.165, 1.54) is 16.8 Å². The number of halogens is 1. The van der Waals surface area contributed by atoms with Crippen LogP contribution in [-0.4, -0.2) is 43.4 Å². The van der Waals surface area contributed by atoms with Crippen molar-refractivity contribution in [2.45, 2.75) is 23.3 Å². The van der Waals surface area contributed by atoms with Gasteiger partial charge in [0.25, 0.3) is 0 Å². The van der Waals surface area contributed by atoms with Gasteiger partial charge in [0.05, 0.1) is 17.5 Å². The van der Waals surface area contributed by atoms with Gasteiger partial charge in [0.2, 0.25) is 0 Å². The van der Waals surface area contributed by atoms with E-state index in [1.54, 1.807) is 0 Å². The molecule has 0 spiro atoms. The number of ether oxygens (including phenoxy) is 1. The van der Waals surface area contributed by atoms with Crippen molar-refractivity contribution < 1.29 is 14.9 Å². The second kappa shape index (κ2) is 4.73. The van der Waals surface area contributed by atoms with Gasteiger partial charge in [-0.3, -0.25) is 4.57 Å². The summed E-state index contributed by atoms with van der Waals surface area (Å²) in [6, 6.07) is 1.46. The van der Waals surface area contributed by atoms with Crippen LogP contribution in [-0.2, 0) is 4.74 Å². The van der Waals surface area contributed by atoms with E-state index in [0.717, 1.165) is 0 Å². The number of hydrogen-bond acceptors (Lipinski definition) is 6. The Morgan fingerprint density at radius 1 is 1.65 bits per heavy atom. The molecular weight excluding hydrogens is 294 g/mol. The predicted molar refractivity (Wildman–Crippen MR) is 62.6 cm³/mol. The van der Waals surface area contributed by atoms with Gasteiger partial charge in [0.1, 0.15) is 11.9 Å². The zero-order valence-electron chi connectivity index (χ0n) is 8.73. The quantitative estimate of drug-likeness (QED) is 0.594. The minimum absolute atomic E-state index is 0.120. The molecule has 17 heavy (non-hydrogen) atoms. The van der Waals surface area contributed by atoms with Crippen LogP contribution in [0.25, 0.3) is 0 Å². The summed E-state index contributed by atoms with van der Waals surface area (Å²) in [5.41, 5.74) is 4.81. The van der Waals surface area contributed by atoms with Crippen LogP contribution in [0.15, 0.2) is 17.1 Å². The Labute approximate surface area is 105 Å². The van der Waals surface area contributed by atoms with Gasteiger partial charge in [0.15, 0.2) is 6.23 Å². The third-order valence-corrected chi connectivity index (χ3v) is 3.59. The highest BCUT2D eigenvalue weighted by atomic mass is 79.9. The van der Waals surface area contributed by atoms with E-state index in [9.17, 15) is 9.90 Å². The zero-order chi connectivity index (χ0) is 12.6. The fraction of sp³-hybridized carbons (Fsp3) is 0.556. The lowest BCUT2D eigenvalue weighted by molar-refractivity contribution is -0.0456. The third-order valence-electron chi connectivity index (χ3n) is 2.60. The standard InChI is InChI=1S/C9H12BrN3O4/c10-6-7(15)4(3-14)17-8(6)13-2-1-5(11)12-9(13)16/h1-2,4,6-8,14-15H,3H2,(H2,11,12,16)/t4-,6+,7-,8-/m1/s1. The molecule has 0 radical (unpaired) electrons. The Morgan fingerprint density at radius 3 is 2.88 bits per heavy atom. The van der Waals surface area contributed by atoms with Gasteiger partial charge in [-0.1, -0.05) is 15.9 Å². The zero-order valence-corrected chi connectivity index (χ0v) is 10.3. The molecule has 0 aromatic carbocycles. The maximum absolute atomic E-state index is 11.6. The third kappa shape index (κ3) is 2.21. The molecule has 0 aliphatic carbocycles. The van der Waals surface area contributed by atoms with Crippen LogP contribution in [0.4, 0.5) is 5.82 Å². The summed E-state index contributed by atoms with van der Waals surface area (Å²) in [6.45, 7) is -0.323. The molecule has 1 aromatic rings. The van der Waals surface area contributed by atoms with Gasteiger partial charge in [0, 0.05) is 6.20 Å². The number of anilines is 1. The van der Waals surface area contributed by atoms with E-state index < -0.39 is 29.0 Å². The maximum Gasteiger partial charge on any atom is 0.351 e.